The SMILES string of the molecule is CC(O)C(N)C(=S)NNCC(CC(N)=O)NC(=O)NC(CO)C(=O)O. The van der Waals surface area contributed by atoms with Gasteiger partial charge in [-0.25, -0.2) is 15.0 Å². The van der Waals surface area contributed by atoms with Gasteiger partial charge in [0, 0.05) is 13.0 Å². The number of aliphatic hydroxyl groups excluding tert-OH is 2. The summed E-state index contributed by atoms with van der Waals surface area (Å²) in [5, 5.41) is 31.3. The smallest absolute Gasteiger partial charge is 0.328 e. The van der Waals surface area contributed by atoms with Gasteiger partial charge in [-0.1, -0.05) is 12.2 Å². The van der Waals surface area contributed by atoms with Gasteiger partial charge in [0.2, 0.25) is 5.91 Å². The maximum atomic E-state index is 11.7. The second-order valence-corrected chi connectivity index (χ2v) is 5.63. The van der Waals surface area contributed by atoms with Crippen molar-refractivity contribution in [2.75, 3.05) is 13.2 Å². The molecule has 0 aromatic heterocycles. The van der Waals surface area contributed by atoms with E-state index in [-0.39, 0.29) is 18.0 Å². The van der Waals surface area contributed by atoms with E-state index in [1.165, 1.54) is 6.92 Å². The predicted octanol–water partition coefficient (Wildman–Crippen LogP) is -3.90. The fourth-order valence-electron chi connectivity index (χ4n) is 1.55. The molecular formula is C12H24N6O6S. The van der Waals surface area contributed by atoms with Crippen LogP contribution in [0.3, 0.4) is 0 Å². The Morgan fingerprint density at radius 1 is 1.24 bits per heavy atom. The van der Waals surface area contributed by atoms with Crippen LogP contribution in [-0.2, 0) is 9.59 Å². The molecule has 4 atom stereocenters. The van der Waals surface area contributed by atoms with Crippen molar-refractivity contribution < 1.29 is 29.7 Å². The Labute approximate surface area is 149 Å². The fraction of sp³-hybridized carbons (Fsp3) is 0.667. The Balaban J connectivity index is 4.55. The average molecular weight is 380 g/mol. The first-order valence-electron chi connectivity index (χ1n) is 7.23. The molecule has 3 amide bonds. The van der Waals surface area contributed by atoms with Crippen molar-refractivity contribution in [3.63, 3.8) is 0 Å². The second kappa shape index (κ2) is 11.5. The third kappa shape index (κ3) is 9.73. The van der Waals surface area contributed by atoms with Crippen molar-refractivity contribution in [3.8, 4) is 0 Å². The van der Waals surface area contributed by atoms with Gasteiger partial charge < -0.3 is 42.8 Å². The summed E-state index contributed by atoms with van der Waals surface area (Å²) in [7, 11) is 0. The predicted molar refractivity (Wildman–Crippen MR) is 91.2 cm³/mol. The van der Waals surface area contributed by atoms with Crippen molar-refractivity contribution >= 4 is 35.1 Å². The molecule has 0 saturated carbocycles. The molecule has 0 heterocycles. The summed E-state index contributed by atoms with van der Waals surface area (Å²) in [6.45, 7) is 0.648. The Hall–Kier alpha value is -2.06. The van der Waals surface area contributed by atoms with Crippen LogP contribution in [0.2, 0.25) is 0 Å². The van der Waals surface area contributed by atoms with Crippen LogP contribution in [0.4, 0.5) is 4.79 Å². The highest BCUT2D eigenvalue weighted by atomic mass is 32.1. The Bertz CT molecular complexity index is 491. The molecule has 0 rings (SSSR count). The highest BCUT2D eigenvalue weighted by Gasteiger charge is 2.21. The topological polar surface area (TPSA) is 212 Å². The molecule has 0 radical (unpaired) electrons. The number of carbonyl (C=O) groups excluding carboxylic acids is 2. The molecule has 0 bridgehead atoms. The first-order chi connectivity index (χ1) is 11.6. The maximum Gasteiger partial charge on any atom is 0.328 e. The molecule has 0 aliphatic carbocycles. The highest BCUT2D eigenvalue weighted by Crippen LogP contribution is 1.93. The van der Waals surface area contributed by atoms with Crippen LogP contribution < -0.4 is 33.0 Å². The van der Waals surface area contributed by atoms with Crippen LogP contribution in [-0.4, -0.2) is 75.6 Å². The number of amides is 3. The fourth-order valence-corrected chi connectivity index (χ4v) is 1.82. The van der Waals surface area contributed by atoms with E-state index in [2.05, 4.69) is 16.2 Å². The standard InChI is InChI=1S/C12H24N6O6S/c1-5(20)9(14)10(25)18-15-3-6(2-8(13)21)16-12(24)17-7(4-19)11(22)23/h5-7,9,15,19-20H,2-4,14H2,1H3,(H2,13,21)(H,18,25)(H,22,23)(H2,16,17,24). The van der Waals surface area contributed by atoms with Gasteiger partial charge in [-0.2, -0.15) is 0 Å². The molecule has 0 fully saturated rings. The van der Waals surface area contributed by atoms with E-state index in [1.807, 2.05) is 5.32 Å². The normalized spacial score (nSPS) is 15.4. The molecule has 4 unspecified atom stereocenters. The van der Waals surface area contributed by atoms with Gasteiger partial charge in [-0.15, -0.1) is 0 Å². The number of carboxylic acids is 1. The molecule has 0 aromatic rings. The number of thiocarbonyl (C=S) groups is 1. The monoisotopic (exact) mass is 380 g/mol. The Morgan fingerprint density at radius 3 is 2.28 bits per heavy atom. The number of urea groups is 1. The summed E-state index contributed by atoms with van der Waals surface area (Å²) < 4.78 is 0. The molecule has 144 valence electrons. The van der Waals surface area contributed by atoms with Crippen molar-refractivity contribution in [2.45, 2.75) is 37.6 Å². The number of carbonyl (C=O) groups is 3. The first-order valence-corrected chi connectivity index (χ1v) is 7.64. The van der Waals surface area contributed by atoms with Gasteiger partial charge in [0.05, 0.1) is 24.8 Å². The van der Waals surface area contributed by atoms with Crippen molar-refractivity contribution in [1.29, 1.82) is 0 Å². The number of rotatable bonds is 11. The zero-order valence-electron chi connectivity index (χ0n) is 13.6. The van der Waals surface area contributed by atoms with E-state index in [0.717, 1.165) is 0 Å². The Morgan fingerprint density at radius 2 is 1.84 bits per heavy atom. The lowest BCUT2D eigenvalue weighted by atomic mass is 10.2. The van der Waals surface area contributed by atoms with Gasteiger partial charge in [0.1, 0.15) is 4.99 Å². The van der Waals surface area contributed by atoms with E-state index in [9.17, 15) is 19.5 Å². The van der Waals surface area contributed by atoms with Gasteiger partial charge in [-0.05, 0) is 6.92 Å². The van der Waals surface area contributed by atoms with Gasteiger partial charge in [-0.3, -0.25) is 4.79 Å². The molecule has 0 aromatic carbocycles. The molecule has 12 nitrogen and oxygen atoms in total. The number of nitrogens with two attached hydrogens (primary N) is 2. The van der Waals surface area contributed by atoms with Crippen molar-refractivity contribution in [1.82, 2.24) is 21.5 Å². The van der Waals surface area contributed by atoms with E-state index in [1.54, 1.807) is 0 Å². The van der Waals surface area contributed by atoms with E-state index < -0.39 is 48.7 Å². The van der Waals surface area contributed by atoms with Gasteiger partial charge >= 0.3 is 12.0 Å². The summed E-state index contributed by atoms with van der Waals surface area (Å²) in [6, 6.07) is -4.01. The van der Waals surface area contributed by atoms with Crippen LogP contribution >= 0.6 is 12.2 Å². The van der Waals surface area contributed by atoms with Crippen LogP contribution in [0.5, 0.6) is 0 Å². The number of aliphatic hydroxyl groups is 2. The van der Waals surface area contributed by atoms with Gasteiger partial charge in [0.15, 0.2) is 6.04 Å². The van der Waals surface area contributed by atoms with E-state index >= 15 is 0 Å². The average Bonchev–Trinajstić information content (AvgIpc) is 2.50. The molecule has 0 aliphatic heterocycles. The Kier molecular flexibility index (Phi) is 10.5. The second-order valence-electron chi connectivity index (χ2n) is 5.20. The number of carboxylic acid groups (broad SMARTS) is 1. The van der Waals surface area contributed by atoms with Gasteiger partial charge in [0.25, 0.3) is 0 Å². The molecule has 11 N–H and O–H groups in total. The zero-order chi connectivity index (χ0) is 19.6. The quantitative estimate of drug-likeness (QED) is 0.125. The third-order valence-electron chi connectivity index (χ3n) is 2.95. The first kappa shape index (κ1) is 22.9. The van der Waals surface area contributed by atoms with Crippen LogP contribution in [0.1, 0.15) is 13.3 Å². The van der Waals surface area contributed by atoms with Crippen molar-refractivity contribution in [2.24, 2.45) is 11.5 Å². The molecule has 0 aliphatic rings. The minimum atomic E-state index is -1.49. The van der Waals surface area contributed by atoms with E-state index in [0.29, 0.717) is 0 Å². The van der Waals surface area contributed by atoms with Crippen LogP contribution in [0.25, 0.3) is 0 Å². The van der Waals surface area contributed by atoms with Crippen molar-refractivity contribution in [3.05, 3.63) is 0 Å². The molecule has 13 heteroatoms. The summed E-state index contributed by atoms with van der Waals surface area (Å²) in [5.74, 6) is -2.12. The molecule has 25 heavy (non-hydrogen) atoms. The lowest BCUT2D eigenvalue weighted by Gasteiger charge is -2.22. The van der Waals surface area contributed by atoms with Crippen LogP contribution in [0, 0.1) is 0 Å². The lowest BCUT2D eigenvalue weighted by Crippen LogP contribution is -2.56. The molecule has 0 saturated heterocycles. The minimum Gasteiger partial charge on any atom is -0.480 e. The number of aliphatic carboxylic acids is 1. The lowest BCUT2D eigenvalue weighted by molar-refractivity contribution is -0.140. The number of hydrogen-bond donors (Lipinski definition) is 9. The summed E-state index contributed by atoms with van der Waals surface area (Å²) >= 11 is 4.94. The number of primary amides is 1. The summed E-state index contributed by atoms with van der Waals surface area (Å²) in [5.41, 5.74) is 15.9. The zero-order valence-corrected chi connectivity index (χ0v) is 14.4. The minimum absolute atomic E-state index is 0.0140. The summed E-state index contributed by atoms with van der Waals surface area (Å²) in [6.07, 6.45) is -1.12. The number of hydrazine groups is 1. The van der Waals surface area contributed by atoms with E-state index in [4.69, 9.17) is 33.9 Å². The number of hydrogen-bond acceptors (Lipinski definition) is 8. The maximum absolute atomic E-state index is 11.7. The number of nitrogens with one attached hydrogen (secondary N) is 4. The highest BCUT2D eigenvalue weighted by molar-refractivity contribution is 7.80. The largest absolute Gasteiger partial charge is 0.480 e. The third-order valence-corrected chi connectivity index (χ3v) is 3.33. The van der Waals surface area contributed by atoms with Crippen LogP contribution in [0.15, 0.2) is 0 Å². The molecule has 0 spiro atoms. The summed E-state index contributed by atoms with van der Waals surface area (Å²) in [4.78, 5) is 33.7. The molecular weight excluding hydrogens is 356 g/mol.